The van der Waals surface area contributed by atoms with Crippen molar-refractivity contribution in [2.24, 2.45) is 0 Å². The third-order valence-electron chi connectivity index (χ3n) is 2.71. The lowest BCUT2D eigenvalue weighted by atomic mass is 9.90. The highest BCUT2D eigenvalue weighted by Gasteiger charge is 2.24. The number of fused-ring (bicyclic) bond motifs is 1. The van der Waals surface area contributed by atoms with Crippen LogP contribution in [0, 0.1) is 6.92 Å². The molecule has 0 unspecified atom stereocenters. The SMILES string of the molecule is CO[C@@H]1C=Cc2c(C)cccc2[C@H]1O. The molecule has 74 valence electrons. The molecule has 1 aromatic rings. The van der Waals surface area contributed by atoms with E-state index < -0.39 is 6.10 Å². The molecule has 0 bridgehead atoms. The van der Waals surface area contributed by atoms with E-state index in [-0.39, 0.29) is 6.10 Å². The second-order valence-corrected chi connectivity index (χ2v) is 3.58. The Morgan fingerprint density at radius 3 is 2.86 bits per heavy atom. The zero-order chi connectivity index (χ0) is 10.1. The molecule has 0 heterocycles. The lowest BCUT2D eigenvalue weighted by molar-refractivity contribution is 0.0149. The third kappa shape index (κ3) is 1.37. The van der Waals surface area contributed by atoms with Crippen molar-refractivity contribution in [1.82, 2.24) is 0 Å². The third-order valence-corrected chi connectivity index (χ3v) is 2.71. The van der Waals surface area contributed by atoms with Gasteiger partial charge < -0.3 is 9.84 Å². The van der Waals surface area contributed by atoms with Crippen molar-refractivity contribution in [2.45, 2.75) is 19.1 Å². The van der Waals surface area contributed by atoms with Crippen molar-refractivity contribution in [3.05, 3.63) is 41.0 Å². The number of hydrogen-bond acceptors (Lipinski definition) is 2. The van der Waals surface area contributed by atoms with Gasteiger partial charge in [0.25, 0.3) is 0 Å². The van der Waals surface area contributed by atoms with Gasteiger partial charge in [-0.25, -0.2) is 0 Å². The Morgan fingerprint density at radius 2 is 2.14 bits per heavy atom. The molecule has 0 aromatic heterocycles. The van der Waals surface area contributed by atoms with Crippen molar-refractivity contribution < 1.29 is 9.84 Å². The quantitative estimate of drug-likeness (QED) is 0.734. The molecule has 1 aliphatic rings. The average molecular weight is 190 g/mol. The van der Waals surface area contributed by atoms with Gasteiger partial charge in [0.2, 0.25) is 0 Å². The molecular weight excluding hydrogens is 176 g/mol. The largest absolute Gasteiger partial charge is 0.385 e. The summed E-state index contributed by atoms with van der Waals surface area (Å²) in [5, 5.41) is 9.97. The second-order valence-electron chi connectivity index (χ2n) is 3.58. The summed E-state index contributed by atoms with van der Waals surface area (Å²) in [5.74, 6) is 0. The summed E-state index contributed by atoms with van der Waals surface area (Å²) in [6, 6.07) is 5.95. The minimum Gasteiger partial charge on any atom is -0.385 e. The van der Waals surface area contributed by atoms with Crippen LogP contribution in [0.4, 0.5) is 0 Å². The molecule has 2 rings (SSSR count). The Morgan fingerprint density at radius 1 is 1.36 bits per heavy atom. The van der Waals surface area contributed by atoms with E-state index >= 15 is 0 Å². The van der Waals surface area contributed by atoms with E-state index in [4.69, 9.17) is 4.74 Å². The number of methoxy groups -OCH3 is 1. The summed E-state index contributed by atoms with van der Waals surface area (Å²) in [6.45, 7) is 2.04. The number of aliphatic hydroxyl groups excluding tert-OH is 1. The number of ether oxygens (including phenoxy) is 1. The zero-order valence-corrected chi connectivity index (χ0v) is 8.40. The molecule has 1 aromatic carbocycles. The topological polar surface area (TPSA) is 29.5 Å². The number of benzene rings is 1. The van der Waals surface area contributed by atoms with Crippen LogP contribution in [0.2, 0.25) is 0 Å². The molecule has 0 fully saturated rings. The van der Waals surface area contributed by atoms with Crippen LogP contribution in [0.25, 0.3) is 6.08 Å². The molecular formula is C12H14O2. The van der Waals surface area contributed by atoms with Crippen LogP contribution in [0.5, 0.6) is 0 Å². The molecule has 0 spiro atoms. The molecule has 14 heavy (non-hydrogen) atoms. The lowest BCUT2D eigenvalue weighted by Gasteiger charge is -2.25. The Kier molecular flexibility index (Phi) is 2.40. The van der Waals surface area contributed by atoms with Gasteiger partial charge in [0.05, 0.1) is 0 Å². The monoisotopic (exact) mass is 190 g/mol. The maximum Gasteiger partial charge on any atom is 0.109 e. The van der Waals surface area contributed by atoms with E-state index in [1.165, 1.54) is 5.56 Å². The van der Waals surface area contributed by atoms with Gasteiger partial charge >= 0.3 is 0 Å². The summed E-state index contributed by atoms with van der Waals surface area (Å²) in [7, 11) is 1.61. The van der Waals surface area contributed by atoms with Gasteiger partial charge in [-0.2, -0.15) is 0 Å². The van der Waals surface area contributed by atoms with Gasteiger partial charge in [0, 0.05) is 7.11 Å². The highest BCUT2D eigenvalue weighted by molar-refractivity contribution is 5.61. The normalized spacial score (nSPS) is 24.8. The van der Waals surface area contributed by atoms with Crippen LogP contribution in [-0.4, -0.2) is 18.3 Å². The van der Waals surface area contributed by atoms with E-state index in [0.29, 0.717) is 0 Å². The van der Waals surface area contributed by atoms with Gasteiger partial charge in [0.1, 0.15) is 12.2 Å². The molecule has 1 N–H and O–H groups in total. The van der Waals surface area contributed by atoms with Crippen LogP contribution < -0.4 is 0 Å². The van der Waals surface area contributed by atoms with E-state index in [2.05, 4.69) is 0 Å². The Bertz CT molecular complexity index is 369. The predicted octanol–water partition coefficient (Wildman–Crippen LogP) is 2.07. The minimum absolute atomic E-state index is 0.218. The van der Waals surface area contributed by atoms with Gasteiger partial charge in [0.15, 0.2) is 0 Å². The van der Waals surface area contributed by atoms with Crippen LogP contribution in [0.15, 0.2) is 24.3 Å². The number of aliphatic hydroxyl groups is 1. The first kappa shape index (κ1) is 9.44. The fourth-order valence-corrected chi connectivity index (χ4v) is 1.87. The first-order valence-corrected chi connectivity index (χ1v) is 4.72. The lowest BCUT2D eigenvalue weighted by Crippen LogP contribution is -2.22. The Labute approximate surface area is 83.8 Å². The maximum absolute atomic E-state index is 9.97. The number of rotatable bonds is 1. The minimum atomic E-state index is -0.542. The molecule has 2 heteroatoms. The molecule has 2 nitrogen and oxygen atoms in total. The summed E-state index contributed by atoms with van der Waals surface area (Å²) in [6.07, 6.45) is 3.16. The molecule has 0 radical (unpaired) electrons. The van der Waals surface area contributed by atoms with Crippen molar-refractivity contribution in [3.8, 4) is 0 Å². The van der Waals surface area contributed by atoms with Gasteiger partial charge in [-0.15, -0.1) is 0 Å². The fourth-order valence-electron chi connectivity index (χ4n) is 1.87. The summed E-state index contributed by atoms with van der Waals surface area (Å²) >= 11 is 0. The van der Waals surface area contributed by atoms with Crippen LogP contribution >= 0.6 is 0 Å². The maximum atomic E-state index is 9.97. The Hall–Kier alpha value is -1.12. The van der Waals surface area contributed by atoms with Crippen molar-refractivity contribution in [1.29, 1.82) is 0 Å². The van der Waals surface area contributed by atoms with E-state index in [9.17, 15) is 5.11 Å². The Balaban J connectivity index is 2.49. The zero-order valence-electron chi connectivity index (χ0n) is 8.40. The molecule has 0 saturated carbocycles. The van der Waals surface area contributed by atoms with E-state index in [0.717, 1.165) is 11.1 Å². The summed E-state index contributed by atoms with van der Waals surface area (Å²) in [4.78, 5) is 0. The van der Waals surface area contributed by atoms with Crippen molar-refractivity contribution in [3.63, 3.8) is 0 Å². The molecule has 0 saturated heterocycles. The van der Waals surface area contributed by atoms with E-state index in [1.54, 1.807) is 7.11 Å². The predicted molar refractivity (Wildman–Crippen MR) is 56.0 cm³/mol. The van der Waals surface area contributed by atoms with Crippen molar-refractivity contribution >= 4 is 6.08 Å². The first-order valence-electron chi connectivity index (χ1n) is 4.72. The summed E-state index contributed by atoms with van der Waals surface area (Å²) in [5.41, 5.74) is 3.26. The molecule has 0 amide bonds. The smallest absolute Gasteiger partial charge is 0.109 e. The molecule has 0 aliphatic heterocycles. The standard InChI is InChI=1S/C12H14O2/c1-8-4-3-5-10-9(8)6-7-11(14-2)12(10)13/h3-7,11-13H,1-2H3/t11-,12-/m1/s1. The van der Waals surface area contributed by atoms with Crippen LogP contribution in [-0.2, 0) is 4.74 Å². The molecule has 2 atom stereocenters. The summed E-state index contributed by atoms with van der Waals surface area (Å²) < 4.78 is 5.16. The van der Waals surface area contributed by atoms with Crippen LogP contribution in [0.1, 0.15) is 22.8 Å². The van der Waals surface area contributed by atoms with E-state index in [1.807, 2.05) is 37.3 Å². The molecule has 1 aliphatic carbocycles. The fraction of sp³-hybridized carbons (Fsp3) is 0.333. The van der Waals surface area contributed by atoms with Gasteiger partial charge in [-0.05, 0) is 23.6 Å². The van der Waals surface area contributed by atoms with Gasteiger partial charge in [-0.1, -0.05) is 30.4 Å². The highest BCUT2D eigenvalue weighted by atomic mass is 16.5. The highest BCUT2D eigenvalue weighted by Crippen LogP contribution is 2.30. The van der Waals surface area contributed by atoms with Crippen LogP contribution in [0.3, 0.4) is 0 Å². The van der Waals surface area contributed by atoms with Crippen molar-refractivity contribution in [2.75, 3.05) is 7.11 Å². The van der Waals surface area contributed by atoms with Gasteiger partial charge in [-0.3, -0.25) is 0 Å². The number of aryl methyl sites for hydroxylation is 1. The number of hydrogen-bond donors (Lipinski definition) is 1. The average Bonchev–Trinajstić information content (AvgIpc) is 2.20. The first-order chi connectivity index (χ1) is 6.74. The second kappa shape index (κ2) is 3.56.